The average Bonchev–Trinajstić information content (AvgIpc) is 3.57. The summed E-state index contributed by atoms with van der Waals surface area (Å²) in [6.07, 6.45) is 1.98. The minimum atomic E-state index is -0.607. The Morgan fingerprint density at radius 3 is 2.32 bits per heavy atom. The van der Waals surface area contributed by atoms with E-state index in [-0.39, 0.29) is 24.3 Å². The highest BCUT2D eigenvalue weighted by Gasteiger charge is 2.49. The molecule has 2 aromatic carbocycles. The van der Waals surface area contributed by atoms with Crippen LogP contribution >= 0.6 is 12.2 Å². The molecule has 1 heterocycles. The molecule has 1 unspecified atom stereocenters. The van der Waals surface area contributed by atoms with Crippen LogP contribution in [0.2, 0.25) is 0 Å². The van der Waals surface area contributed by atoms with Crippen molar-refractivity contribution in [2.75, 3.05) is 23.9 Å². The summed E-state index contributed by atoms with van der Waals surface area (Å²) in [4.78, 5) is 29.5. The van der Waals surface area contributed by atoms with E-state index in [9.17, 15) is 9.59 Å². The molecule has 1 atom stereocenters. The molecular weight excluding hydrogens is 414 g/mol. The third kappa shape index (κ3) is 4.49. The Labute approximate surface area is 186 Å². The van der Waals surface area contributed by atoms with Crippen LogP contribution in [0.3, 0.4) is 0 Å². The topological polar surface area (TPSA) is 71.1 Å². The lowest BCUT2D eigenvalue weighted by molar-refractivity contribution is -0.124. The minimum absolute atomic E-state index is 0.0370. The number of amides is 2. The number of anilines is 2. The van der Waals surface area contributed by atoms with Gasteiger partial charge in [0.25, 0.3) is 5.91 Å². The lowest BCUT2D eigenvalue weighted by atomic mass is 10.1. The number of carbonyl (C=O) groups is 2. The summed E-state index contributed by atoms with van der Waals surface area (Å²) < 4.78 is 10.6. The molecule has 2 aliphatic rings. The second kappa shape index (κ2) is 8.93. The molecule has 2 aromatic rings. The normalized spacial score (nSPS) is 18.3. The van der Waals surface area contributed by atoms with Gasteiger partial charge in [-0.25, -0.2) is 0 Å². The fourth-order valence-electron chi connectivity index (χ4n) is 3.72. The average molecular weight is 440 g/mol. The van der Waals surface area contributed by atoms with Crippen LogP contribution in [0.15, 0.2) is 48.5 Å². The molecule has 1 saturated heterocycles. The molecule has 4 rings (SSSR count). The second-order valence-electron chi connectivity index (χ2n) is 7.52. The van der Waals surface area contributed by atoms with Gasteiger partial charge in [-0.2, -0.15) is 0 Å². The number of nitrogens with one attached hydrogen (secondary N) is 1. The first-order chi connectivity index (χ1) is 15.0. The predicted octanol–water partition coefficient (Wildman–Crippen LogP) is 3.59. The van der Waals surface area contributed by atoms with Gasteiger partial charge >= 0.3 is 0 Å². The van der Waals surface area contributed by atoms with Crippen molar-refractivity contribution in [1.82, 2.24) is 4.90 Å². The smallest absolute Gasteiger partial charge is 0.256 e. The first kappa shape index (κ1) is 21.1. The van der Waals surface area contributed by atoms with Gasteiger partial charge in [-0.1, -0.05) is 0 Å². The van der Waals surface area contributed by atoms with Crippen LogP contribution in [-0.2, 0) is 9.59 Å². The molecule has 2 fully saturated rings. The minimum Gasteiger partial charge on any atom is -0.497 e. The van der Waals surface area contributed by atoms with Crippen LogP contribution in [0.1, 0.15) is 26.2 Å². The quantitative estimate of drug-likeness (QED) is 0.634. The van der Waals surface area contributed by atoms with E-state index in [1.807, 2.05) is 11.8 Å². The van der Waals surface area contributed by atoms with Crippen LogP contribution in [0, 0.1) is 0 Å². The predicted molar refractivity (Wildman–Crippen MR) is 123 cm³/mol. The molecule has 8 heteroatoms. The summed E-state index contributed by atoms with van der Waals surface area (Å²) in [5.74, 6) is 1.04. The zero-order chi connectivity index (χ0) is 22.0. The molecule has 2 amide bonds. The van der Waals surface area contributed by atoms with Gasteiger partial charge in [-0.15, -0.1) is 0 Å². The van der Waals surface area contributed by atoms with E-state index >= 15 is 0 Å². The van der Waals surface area contributed by atoms with Crippen LogP contribution in [0.5, 0.6) is 11.5 Å². The van der Waals surface area contributed by atoms with Gasteiger partial charge in [0.1, 0.15) is 17.5 Å². The Kier molecular flexibility index (Phi) is 6.08. The van der Waals surface area contributed by atoms with E-state index < -0.39 is 6.04 Å². The monoisotopic (exact) mass is 439 g/mol. The number of ether oxygens (including phenoxy) is 2. The molecule has 0 aromatic heterocycles. The number of methoxy groups -OCH3 is 1. The molecule has 0 radical (unpaired) electrons. The van der Waals surface area contributed by atoms with Gasteiger partial charge in [0.05, 0.1) is 25.8 Å². The van der Waals surface area contributed by atoms with E-state index in [2.05, 4.69) is 5.32 Å². The maximum absolute atomic E-state index is 13.3. The third-order valence-electron chi connectivity index (χ3n) is 5.35. The highest BCUT2D eigenvalue weighted by Crippen LogP contribution is 2.37. The largest absolute Gasteiger partial charge is 0.497 e. The number of thiocarbonyl (C=S) groups is 1. The zero-order valence-corrected chi connectivity index (χ0v) is 18.4. The van der Waals surface area contributed by atoms with Crippen molar-refractivity contribution in [3.63, 3.8) is 0 Å². The Morgan fingerprint density at radius 2 is 1.74 bits per heavy atom. The van der Waals surface area contributed by atoms with E-state index in [4.69, 9.17) is 21.7 Å². The fraction of sp³-hybridized carbons (Fsp3) is 0.348. The Bertz CT molecular complexity index is 973. The maximum Gasteiger partial charge on any atom is 0.256 e. The Hall–Kier alpha value is -3.13. The van der Waals surface area contributed by atoms with E-state index in [0.717, 1.165) is 18.6 Å². The highest BCUT2D eigenvalue weighted by molar-refractivity contribution is 7.80. The van der Waals surface area contributed by atoms with Crippen molar-refractivity contribution in [1.29, 1.82) is 0 Å². The van der Waals surface area contributed by atoms with Crippen molar-refractivity contribution in [3.8, 4) is 11.5 Å². The second-order valence-corrected chi connectivity index (χ2v) is 7.88. The number of rotatable bonds is 8. The SMILES string of the molecule is CCOc1ccc(NC(=O)CC2C(=O)N(c3ccc(OC)cc3)C(=S)N2C2CC2)cc1. The molecule has 162 valence electrons. The lowest BCUT2D eigenvalue weighted by Gasteiger charge is -2.23. The molecular formula is C23H25N3O4S. The van der Waals surface area contributed by atoms with Crippen LogP contribution in [-0.4, -0.2) is 47.6 Å². The third-order valence-corrected chi connectivity index (χ3v) is 5.75. The molecule has 1 aliphatic heterocycles. The summed E-state index contributed by atoms with van der Waals surface area (Å²) in [5, 5.41) is 3.33. The van der Waals surface area contributed by atoms with E-state index in [1.54, 1.807) is 55.6 Å². The van der Waals surface area contributed by atoms with Crippen molar-refractivity contribution in [3.05, 3.63) is 48.5 Å². The van der Waals surface area contributed by atoms with Crippen LogP contribution in [0.4, 0.5) is 11.4 Å². The lowest BCUT2D eigenvalue weighted by Crippen LogP contribution is -2.39. The molecule has 31 heavy (non-hydrogen) atoms. The van der Waals surface area contributed by atoms with Crippen LogP contribution < -0.4 is 19.7 Å². The fourth-order valence-corrected chi connectivity index (χ4v) is 4.19. The van der Waals surface area contributed by atoms with Gasteiger partial charge in [0.2, 0.25) is 5.91 Å². The zero-order valence-electron chi connectivity index (χ0n) is 17.5. The molecule has 1 aliphatic carbocycles. The Balaban J connectivity index is 1.48. The van der Waals surface area contributed by atoms with Gasteiger partial charge in [0.15, 0.2) is 5.11 Å². The molecule has 7 nitrogen and oxygen atoms in total. The number of hydrogen-bond donors (Lipinski definition) is 1. The molecule has 0 bridgehead atoms. The summed E-state index contributed by atoms with van der Waals surface area (Å²) in [6, 6.07) is 14.0. The van der Waals surface area contributed by atoms with E-state index in [0.29, 0.717) is 28.8 Å². The summed E-state index contributed by atoms with van der Waals surface area (Å²) in [7, 11) is 1.59. The standard InChI is InChI=1S/C23H25N3O4S/c1-3-30-19-10-4-15(5-11-19)24-21(27)14-20-22(28)26(23(31)25(20)16-6-7-16)17-8-12-18(29-2)13-9-17/h4-5,8-13,16,20H,3,6-7,14H2,1-2H3,(H,24,27). The van der Waals surface area contributed by atoms with Gasteiger partial charge in [-0.05, 0) is 80.5 Å². The first-order valence-electron chi connectivity index (χ1n) is 10.3. The molecule has 0 spiro atoms. The van der Waals surface area contributed by atoms with Crippen molar-refractivity contribution >= 4 is 40.5 Å². The van der Waals surface area contributed by atoms with Crippen molar-refractivity contribution < 1.29 is 19.1 Å². The summed E-state index contributed by atoms with van der Waals surface area (Å²) >= 11 is 5.65. The molecule has 1 saturated carbocycles. The van der Waals surface area contributed by atoms with Crippen molar-refractivity contribution in [2.24, 2.45) is 0 Å². The number of carbonyl (C=O) groups excluding carboxylic acids is 2. The first-order valence-corrected chi connectivity index (χ1v) is 10.8. The van der Waals surface area contributed by atoms with Gasteiger partial charge in [-0.3, -0.25) is 14.5 Å². The number of hydrogen-bond acceptors (Lipinski definition) is 5. The summed E-state index contributed by atoms with van der Waals surface area (Å²) in [6.45, 7) is 2.50. The van der Waals surface area contributed by atoms with Gasteiger partial charge < -0.3 is 19.7 Å². The summed E-state index contributed by atoms with van der Waals surface area (Å²) in [5.41, 5.74) is 1.34. The number of benzene rings is 2. The highest BCUT2D eigenvalue weighted by atomic mass is 32.1. The number of nitrogens with zero attached hydrogens (tertiary/aromatic N) is 2. The van der Waals surface area contributed by atoms with Crippen molar-refractivity contribution in [2.45, 2.75) is 38.3 Å². The Morgan fingerprint density at radius 1 is 1.10 bits per heavy atom. The van der Waals surface area contributed by atoms with E-state index in [1.165, 1.54) is 4.90 Å². The van der Waals surface area contributed by atoms with Crippen LogP contribution in [0.25, 0.3) is 0 Å². The molecule has 1 N–H and O–H groups in total. The maximum atomic E-state index is 13.3. The van der Waals surface area contributed by atoms with Gasteiger partial charge in [0, 0.05) is 11.7 Å².